The maximum atomic E-state index is 11.9. The predicted octanol–water partition coefficient (Wildman–Crippen LogP) is 4.09. The Morgan fingerprint density at radius 1 is 1.29 bits per heavy atom. The Bertz CT molecular complexity index is 677. The SMILES string of the molecule is COC(=O)c1ccc(Br)cc1[C@@H](C#N)Cc1ccccc1. The quantitative estimate of drug-likeness (QED) is 0.785. The molecule has 0 saturated heterocycles. The molecule has 0 N–H and O–H groups in total. The van der Waals surface area contributed by atoms with Crippen molar-refractivity contribution in [2.75, 3.05) is 7.11 Å². The normalized spacial score (nSPS) is 11.5. The fourth-order valence-corrected chi connectivity index (χ4v) is 2.57. The van der Waals surface area contributed by atoms with E-state index in [0.29, 0.717) is 17.5 Å². The van der Waals surface area contributed by atoms with Crippen LogP contribution in [0.4, 0.5) is 0 Å². The first-order valence-corrected chi connectivity index (χ1v) is 7.26. The van der Waals surface area contributed by atoms with Crippen molar-refractivity contribution in [1.82, 2.24) is 0 Å². The van der Waals surface area contributed by atoms with Gasteiger partial charge in [-0.3, -0.25) is 0 Å². The van der Waals surface area contributed by atoms with E-state index in [1.165, 1.54) is 7.11 Å². The van der Waals surface area contributed by atoms with Crippen LogP contribution >= 0.6 is 15.9 Å². The van der Waals surface area contributed by atoms with Gasteiger partial charge in [-0.1, -0.05) is 46.3 Å². The van der Waals surface area contributed by atoms with Crippen LogP contribution in [-0.2, 0) is 11.2 Å². The minimum Gasteiger partial charge on any atom is -0.465 e. The molecule has 106 valence electrons. The van der Waals surface area contributed by atoms with E-state index in [-0.39, 0.29) is 0 Å². The van der Waals surface area contributed by atoms with E-state index in [9.17, 15) is 10.1 Å². The number of halogens is 1. The topological polar surface area (TPSA) is 50.1 Å². The second-order valence-corrected chi connectivity index (χ2v) is 5.51. The van der Waals surface area contributed by atoms with Crippen LogP contribution in [0.25, 0.3) is 0 Å². The molecule has 0 aliphatic carbocycles. The first kappa shape index (κ1) is 15.3. The number of hydrogen-bond donors (Lipinski definition) is 0. The lowest BCUT2D eigenvalue weighted by atomic mass is 9.90. The smallest absolute Gasteiger partial charge is 0.338 e. The van der Waals surface area contributed by atoms with Crippen LogP contribution in [0.5, 0.6) is 0 Å². The van der Waals surface area contributed by atoms with Crippen molar-refractivity contribution in [3.05, 3.63) is 69.7 Å². The minimum absolute atomic E-state index is 0.404. The summed E-state index contributed by atoms with van der Waals surface area (Å²) in [6.45, 7) is 0. The Morgan fingerprint density at radius 2 is 2.00 bits per heavy atom. The van der Waals surface area contributed by atoms with E-state index in [0.717, 1.165) is 10.0 Å². The van der Waals surface area contributed by atoms with Crippen LogP contribution in [0.2, 0.25) is 0 Å². The van der Waals surface area contributed by atoms with Crippen molar-refractivity contribution >= 4 is 21.9 Å². The van der Waals surface area contributed by atoms with E-state index in [1.54, 1.807) is 12.1 Å². The number of esters is 1. The summed E-state index contributed by atoms with van der Waals surface area (Å²) in [5.41, 5.74) is 2.17. The third-order valence-electron chi connectivity index (χ3n) is 3.23. The van der Waals surface area contributed by atoms with Gasteiger partial charge in [0.15, 0.2) is 0 Å². The first-order chi connectivity index (χ1) is 10.2. The van der Waals surface area contributed by atoms with Crippen molar-refractivity contribution in [2.24, 2.45) is 0 Å². The molecule has 2 aromatic rings. The lowest BCUT2D eigenvalue weighted by molar-refractivity contribution is 0.0599. The minimum atomic E-state index is -0.425. The monoisotopic (exact) mass is 343 g/mol. The van der Waals surface area contributed by atoms with Gasteiger partial charge in [0, 0.05) is 4.47 Å². The molecule has 0 spiro atoms. The highest BCUT2D eigenvalue weighted by Crippen LogP contribution is 2.27. The number of nitrogens with zero attached hydrogens (tertiary/aromatic N) is 1. The number of rotatable bonds is 4. The summed E-state index contributed by atoms with van der Waals surface area (Å²) in [4.78, 5) is 11.9. The van der Waals surface area contributed by atoms with Crippen molar-refractivity contribution in [3.63, 3.8) is 0 Å². The molecular formula is C17H14BrNO2. The highest BCUT2D eigenvalue weighted by Gasteiger charge is 2.20. The van der Waals surface area contributed by atoms with Crippen LogP contribution in [-0.4, -0.2) is 13.1 Å². The van der Waals surface area contributed by atoms with Crippen molar-refractivity contribution in [2.45, 2.75) is 12.3 Å². The Morgan fingerprint density at radius 3 is 2.62 bits per heavy atom. The van der Waals surface area contributed by atoms with Gasteiger partial charge in [-0.05, 0) is 35.7 Å². The molecule has 0 saturated carbocycles. The maximum Gasteiger partial charge on any atom is 0.338 e. The number of carbonyl (C=O) groups is 1. The number of hydrogen-bond acceptors (Lipinski definition) is 3. The molecule has 0 unspecified atom stereocenters. The van der Waals surface area contributed by atoms with Gasteiger partial charge in [0.1, 0.15) is 0 Å². The van der Waals surface area contributed by atoms with E-state index in [1.807, 2.05) is 36.4 Å². The molecule has 2 rings (SSSR count). The molecule has 3 nitrogen and oxygen atoms in total. The van der Waals surface area contributed by atoms with Gasteiger partial charge in [-0.25, -0.2) is 4.79 Å². The van der Waals surface area contributed by atoms with E-state index in [2.05, 4.69) is 22.0 Å². The van der Waals surface area contributed by atoms with Crippen LogP contribution in [0.1, 0.15) is 27.4 Å². The molecule has 0 bridgehead atoms. The molecule has 0 aliphatic rings. The predicted molar refractivity (Wildman–Crippen MR) is 84.0 cm³/mol. The number of methoxy groups -OCH3 is 1. The summed E-state index contributed by atoms with van der Waals surface area (Å²) in [5, 5.41) is 9.49. The van der Waals surface area contributed by atoms with Crippen LogP contribution in [0.15, 0.2) is 53.0 Å². The average molecular weight is 344 g/mol. The summed E-state index contributed by atoms with van der Waals surface area (Å²) in [6.07, 6.45) is 0.553. The van der Waals surface area contributed by atoms with E-state index >= 15 is 0 Å². The second kappa shape index (κ2) is 7.05. The maximum absolute atomic E-state index is 11.9. The molecule has 0 aromatic heterocycles. The lowest BCUT2D eigenvalue weighted by Gasteiger charge is -2.14. The van der Waals surface area contributed by atoms with E-state index in [4.69, 9.17) is 4.74 Å². The van der Waals surface area contributed by atoms with Gasteiger partial charge in [0.25, 0.3) is 0 Å². The Kier molecular flexibility index (Phi) is 5.13. The highest BCUT2D eigenvalue weighted by atomic mass is 79.9. The number of nitriles is 1. The Labute approximate surface area is 132 Å². The summed E-state index contributed by atoms with van der Waals surface area (Å²) in [6, 6.07) is 17.3. The molecule has 2 aromatic carbocycles. The zero-order valence-electron chi connectivity index (χ0n) is 11.5. The van der Waals surface area contributed by atoms with Crippen LogP contribution < -0.4 is 0 Å². The van der Waals surface area contributed by atoms with Crippen molar-refractivity contribution in [1.29, 1.82) is 5.26 Å². The largest absolute Gasteiger partial charge is 0.465 e. The molecular weight excluding hydrogens is 330 g/mol. The summed E-state index contributed by atoms with van der Waals surface area (Å²) in [5.74, 6) is -0.829. The molecule has 21 heavy (non-hydrogen) atoms. The van der Waals surface area contributed by atoms with Gasteiger partial charge < -0.3 is 4.74 Å². The number of benzene rings is 2. The molecule has 0 heterocycles. The fourth-order valence-electron chi connectivity index (χ4n) is 2.19. The summed E-state index contributed by atoms with van der Waals surface area (Å²) in [7, 11) is 1.34. The Hall–Kier alpha value is -2.12. The average Bonchev–Trinajstić information content (AvgIpc) is 2.52. The molecule has 4 heteroatoms. The third-order valence-corrected chi connectivity index (χ3v) is 3.73. The lowest BCUT2D eigenvalue weighted by Crippen LogP contribution is -2.10. The van der Waals surface area contributed by atoms with Gasteiger partial charge in [0.05, 0.1) is 24.7 Å². The van der Waals surface area contributed by atoms with Crippen molar-refractivity contribution in [3.8, 4) is 6.07 Å². The van der Waals surface area contributed by atoms with E-state index < -0.39 is 11.9 Å². The molecule has 0 aliphatic heterocycles. The Balaban J connectivity index is 2.40. The van der Waals surface area contributed by atoms with Gasteiger partial charge >= 0.3 is 5.97 Å². The summed E-state index contributed by atoms with van der Waals surface area (Å²) >= 11 is 3.39. The summed E-state index contributed by atoms with van der Waals surface area (Å²) < 4.78 is 5.63. The zero-order chi connectivity index (χ0) is 15.2. The number of carbonyl (C=O) groups excluding carboxylic acids is 1. The van der Waals surface area contributed by atoms with Crippen LogP contribution in [0.3, 0.4) is 0 Å². The van der Waals surface area contributed by atoms with Gasteiger partial charge in [0.2, 0.25) is 0 Å². The zero-order valence-corrected chi connectivity index (χ0v) is 13.1. The molecule has 0 fully saturated rings. The third kappa shape index (κ3) is 3.71. The number of ether oxygens (including phenoxy) is 1. The fraction of sp³-hybridized carbons (Fsp3) is 0.176. The molecule has 1 atom stereocenters. The van der Waals surface area contributed by atoms with Gasteiger partial charge in [-0.15, -0.1) is 0 Å². The van der Waals surface area contributed by atoms with Crippen LogP contribution in [0, 0.1) is 11.3 Å². The highest BCUT2D eigenvalue weighted by molar-refractivity contribution is 9.10. The molecule has 0 radical (unpaired) electrons. The second-order valence-electron chi connectivity index (χ2n) is 4.59. The van der Waals surface area contributed by atoms with Gasteiger partial charge in [-0.2, -0.15) is 5.26 Å². The standard InChI is InChI=1S/C17H14BrNO2/c1-21-17(20)15-8-7-14(18)10-16(15)13(11-19)9-12-5-3-2-4-6-12/h2-8,10,13H,9H2,1H3/t13-/m1/s1. The molecule has 0 amide bonds. The van der Waals surface area contributed by atoms with Crippen molar-refractivity contribution < 1.29 is 9.53 Å². The first-order valence-electron chi connectivity index (χ1n) is 6.47.